The molecule has 1 N–H and O–H groups in total. The van der Waals surface area contributed by atoms with Gasteiger partial charge in [0.15, 0.2) is 0 Å². The Morgan fingerprint density at radius 3 is 2.64 bits per heavy atom. The minimum absolute atomic E-state index is 0.119. The molecule has 0 fully saturated rings. The van der Waals surface area contributed by atoms with E-state index in [9.17, 15) is 13.2 Å². The first-order valence-corrected chi connectivity index (χ1v) is 7.75. The van der Waals surface area contributed by atoms with Crippen LogP contribution in [-0.4, -0.2) is 11.1 Å². The molecule has 1 aromatic heterocycles. The zero-order valence-electron chi connectivity index (χ0n) is 12.3. The number of hydrogen-bond acceptors (Lipinski definition) is 4. The Balaban J connectivity index is 2.11. The number of aromatic nitrogens is 1. The molecule has 0 saturated carbocycles. The molecule has 0 radical (unpaired) electrons. The lowest BCUT2D eigenvalue weighted by molar-refractivity contribution is -0.138. The summed E-state index contributed by atoms with van der Waals surface area (Å²) in [6.45, 7) is 4.10. The molecule has 0 bridgehead atoms. The minimum atomic E-state index is -4.41. The van der Waals surface area contributed by atoms with Gasteiger partial charge < -0.3 is 10.1 Å². The predicted molar refractivity (Wildman–Crippen MR) is 79.9 cm³/mol. The maximum absolute atomic E-state index is 13.2. The van der Waals surface area contributed by atoms with Crippen molar-refractivity contribution in [1.29, 1.82) is 0 Å². The van der Waals surface area contributed by atoms with Crippen LogP contribution >= 0.6 is 11.3 Å². The molecule has 2 aromatic rings. The topological polar surface area (TPSA) is 34.1 Å². The predicted octanol–water partition coefficient (Wildman–Crippen LogP) is 4.24. The first kappa shape index (κ1) is 16.8. The first-order chi connectivity index (χ1) is 10.4. The summed E-state index contributed by atoms with van der Waals surface area (Å²) in [6.07, 6.45) is -4.58. The van der Waals surface area contributed by atoms with Gasteiger partial charge in [0.1, 0.15) is 5.75 Å². The largest absolute Gasteiger partial charge is 0.491 e. The highest BCUT2D eigenvalue weighted by molar-refractivity contribution is 7.07. The van der Waals surface area contributed by atoms with E-state index in [-0.39, 0.29) is 24.0 Å². The second kappa shape index (κ2) is 7.11. The SMILES string of the molecule is CC(C)Oc1ccc(CNCc2cscn2)c(C(F)(F)F)c1. The molecule has 1 heterocycles. The van der Waals surface area contributed by atoms with Crippen LogP contribution in [0, 0.1) is 0 Å². The average molecular weight is 330 g/mol. The average Bonchev–Trinajstić information content (AvgIpc) is 2.91. The highest BCUT2D eigenvalue weighted by Gasteiger charge is 2.33. The lowest BCUT2D eigenvalue weighted by Gasteiger charge is -2.16. The number of nitrogens with zero attached hydrogens (tertiary/aromatic N) is 1. The zero-order chi connectivity index (χ0) is 16.2. The van der Waals surface area contributed by atoms with Gasteiger partial charge >= 0.3 is 6.18 Å². The van der Waals surface area contributed by atoms with Gasteiger partial charge in [-0.15, -0.1) is 11.3 Å². The fourth-order valence-electron chi connectivity index (χ4n) is 1.97. The summed E-state index contributed by atoms with van der Waals surface area (Å²) in [6, 6.07) is 4.07. The van der Waals surface area contributed by atoms with E-state index in [1.54, 1.807) is 25.4 Å². The smallest absolute Gasteiger partial charge is 0.416 e. The van der Waals surface area contributed by atoms with Crippen molar-refractivity contribution < 1.29 is 17.9 Å². The van der Waals surface area contributed by atoms with E-state index in [0.29, 0.717) is 6.54 Å². The van der Waals surface area contributed by atoms with E-state index in [0.717, 1.165) is 11.8 Å². The molecule has 0 unspecified atom stereocenters. The van der Waals surface area contributed by atoms with Gasteiger partial charge in [-0.05, 0) is 31.5 Å². The van der Waals surface area contributed by atoms with Crippen molar-refractivity contribution in [1.82, 2.24) is 10.3 Å². The van der Waals surface area contributed by atoms with E-state index in [1.165, 1.54) is 17.4 Å². The van der Waals surface area contributed by atoms with Crippen molar-refractivity contribution in [3.05, 3.63) is 45.9 Å². The van der Waals surface area contributed by atoms with Gasteiger partial charge in [-0.2, -0.15) is 13.2 Å². The van der Waals surface area contributed by atoms with E-state index in [4.69, 9.17) is 4.74 Å². The molecule has 0 saturated heterocycles. The van der Waals surface area contributed by atoms with Crippen molar-refractivity contribution in [2.75, 3.05) is 0 Å². The van der Waals surface area contributed by atoms with Crippen LogP contribution in [0.5, 0.6) is 5.75 Å². The molecule has 0 spiro atoms. The molecular weight excluding hydrogens is 313 g/mol. The van der Waals surface area contributed by atoms with Gasteiger partial charge in [-0.1, -0.05) is 6.07 Å². The first-order valence-electron chi connectivity index (χ1n) is 6.81. The second-order valence-electron chi connectivity index (χ2n) is 5.07. The fraction of sp³-hybridized carbons (Fsp3) is 0.400. The van der Waals surface area contributed by atoms with Crippen LogP contribution in [-0.2, 0) is 19.3 Å². The molecule has 1 aromatic carbocycles. The van der Waals surface area contributed by atoms with Crippen LogP contribution in [0.25, 0.3) is 0 Å². The fourth-order valence-corrected chi connectivity index (χ4v) is 2.53. The molecule has 0 aliphatic carbocycles. The third kappa shape index (κ3) is 4.71. The highest BCUT2D eigenvalue weighted by atomic mass is 32.1. The Hall–Kier alpha value is -1.60. The molecule has 3 nitrogen and oxygen atoms in total. The van der Waals surface area contributed by atoms with Crippen molar-refractivity contribution in [3.63, 3.8) is 0 Å². The van der Waals surface area contributed by atoms with Crippen molar-refractivity contribution in [2.24, 2.45) is 0 Å². The maximum atomic E-state index is 13.2. The molecule has 0 aliphatic heterocycles. The Labute approximate surface area is 131 Å². The molecule has 2 rings (SSSR count). The lowest BCUT2D eigenvalue weighted by atomic mass is 10.1. The van der Waals surface area contributed by atoms with Crippen LogP contribution in [0.1, 0.15) is 30.7 Å². The summed E-state index contributed by atoms with van der Waals surface area (Å²) in [4.78, 5) is 4.08. The number of halogens is 3. The molecule has 0 aliphatic rings. The maximum Gasteiger partial charge on any atom is 0.416 e. The molecule has 0 amide bonds. The minimum Gasteiger partial charge on any atom is -0.491 e. The number of thiazole rings is 1. The lowest BCUT2D eigenvalue weighted by Crippen LogP contribution is -2.18. The van der Waals surface area contributed by atoms with E-state index >= 15 is 0 Å². The van der Waals surface area contributed by atoms with E-state index < -0.39 is 11.7 Å². The van der Waals surface area contributed by atoms with Crippen LogP contribution in [0.2, 0.25) is 0 Å². The van der Waals surface area contributed by atoms with Gasteiger partial charge in [0.05, 0.1) is 22.9 Å². The quantitative estimate of drug-likeness (QED) is 0.860. The van der Waals surface area contributed by atoms with Crippen LogP contribution in [0.3, 0.4) is 0 Å². The highest BCUT2D eigenvalue weighted by Crippen LogP contribution is 2.34. The second-order valence-corrected chi connectivity index (χ2v) is 5.79. The Morgan fingerprint density at radius 2 is 2.05 bits per heavy atom. The monoisotopic (exact) mass is 330 g/mol. The molecule has 22 heavy (non-hydrogen) atoms. The summed E-state index contributed by atoms with van der Waals surface area (Å²) in [5.74, 6) is 0.227. The number of nitrogens with one attached hydrogen (secondary N) is 1. The normalized spacial score (nSPS) is 11.9. The van der Waals surface area contributed by atoms with E-state index in [2.05, 4.69) is 10.3 Å². The van der Waals surface area contributed by atoms with Crippen molar-refractivity contribution in [3.8, 4) is 5.75 Å². The third-order valence-electron chi connectivity index (χ3n) is 2.86. The van der Waals surface area contributed by atoms with Crippen LogP contribution < -0.4 is 10.1 Å². The number of benzene rings is 1. The van der Waals surface area contributed by atoms with Gasteiger partial charge in [0.2, 0.25) is 0 Å². The van der Waals surface area contributed by atoms with E-state index in [1.807, 2.05) is 5.38 Å². The van der Waals surface area contributed by atoms with Gasteiger partial charge in [-0.25, -0.2) is 4.98 Å². The van der Waals surface area contributed by atoms with Crippen molar-refractivity contribution >= 4 is 11.3 Å². The number of rotatable bonds is 6. The van der Waals surface area contributed by atoms with Crippen LogP contribution in [0.4, 0.5) is 13.2 Å². The standard InChI is InChI=1S/C15H17F3N2OS/c1-10(2)21-13-4-3-11(14(5-13)15(16,17)18)6-19-7-12-8-22-9-20-12/h3-5,8-10,19H,6-7H2,1-2H3. The molecular formula is C15H17F3N2OS. The van der Waals surface area contributed by atoms with Crippen molar-refractivity contribution in [2.45, 2.75) is 39.2 Å². The number of alkyl halides is 3. The van der Waals surface area contributed by atoms with Gasteiger partial charge in [-0.3, -0.25) is 0 Å². The Bertz CT molecular complexity index is 597. The number of hydrogen-bond donors (Lipinski definition) is 1. The molecule has 0 atom stereocenters. The van der Waals surface area contributed by atoms with Gasteiger partial charge in [0, 0.05) is 18.5 Å². The summed E-state index contributed by atoms with van der Waals surface area (Å²) >= 11 is 1.45. The summed E-state index contributed by atoms with van der Waals surface area (Å²) in [5.41, 5.74) is 2.03. The summed E-state index contributed by atoms with van der Waals surface area (Å²) in [7, 11) is 0. The Morgan fingerprint density at radius 1 is 1.27 bits per heavy atom. The number of ether oxygens (including phenoxy) is 1. The van der Waals surface area contributed by atoms with Crippen LogP contribution in [0.15, 0.2) is 29.1 Å². The molecule has 7 heteroatoms. The zero-order valence-corrected chi connectivity index (χ0v) is 13.1. The Kier molecular flexibility index (Phi) is 5.42. The summed E-state index contributed by atoms with van der Waals surface area (Å²) < 4.78 is 44.9. The van der Waals surface area contributed by atoms with Gasteiger partial charge in [0.25, 0.3) is 0 Å². The third-order valence-corrected chi connectivity index (χ3v) is 3.50. The molecule has 120 valence electrons. The summed E-state index contributed by atoms with van der Waals surface area (Å²) in [5, 5.41) is 4.84.